The fraction of sp³-hybridized carbons (Fsp3) is 0.273. The van der Waals surface area contributed by atoms with Gasteiger partial charge in [0.15, 0.2) is 0 Å². The highest BCUT2D eigenvalue weighted by Crippen LogP contribution is 2.36. The lowest BCUT2D eigenvalue weighted by atomic mass is 10.1. The van der Waals surface area contributed by atoms with Crippen LogP contribution in [0, 0.1) is 6.92 Å². The minimum absolute atomic E-state index is 0.123. The normalized spacial score (nSPS) is 13.3. The van der Waals surface area contributed by atoms with E-state index in [9.17, 15) is 5.11 Å². The Balaban J connectivity index is 2.70. The first-order chi connectivity index (χ1) is 7.54. The van der Waals surface area contributed by atoms with Crippen molar-refractivity contribution in [2.24, 2.45) is 0 Å². The molecule has 0 spiro atoms. The van der Waals surface area contributed by atoms with Crippen molar-refractivity contribution in [2.45, 2.75) is 13.0 Å². The van der Waals surface area contributed by atoms with Crippen molar-refractivity contribution in [3.8, 4) is 0 Å². The van der Waals surface area contributed by atoms with Gasteiger partial charge in [0.1, 0.15) is 17.4 Å². The van der Waals surface area contributed by atoms with Gasteiger partial charge in [-0.05, 0) is 40.5 Å². The summed E-state index contributed by atoms with van der Waals surface area (Å²) in [7, 11) is 0. The zero-order valence-electron chi connectivity index (χ0n) is 8.43. The number of alkyl halides is 1. The van der Waals surface area contributed by atoms with Crippen LogP contribution in [-0.4, -0.2) is 11.0 Å². The zero-order chi connectivity index (χ0) is 11.9. The van der Waals surface area contributed by atoms with E-state index in [0.717, 1.165) is 25.5 Å². The van der Waals surface area contributed by atoms with Crippen LogP contribution < -0.4 is 0 Å². The number of rotatable bonds is 2. The molecule has 2 aromatic rings. The number of hydrogen-bond donors (Lipinski definition) is 1. The summed E-state index contributed by atoms with van der Waals surface area (Å²) < 4.78 is 7.44. The highest BCUT2D eigenvalue weighted by molar-refractivity contribution is 9.11. The van der Waals surface area contributed by atoms with Crippen LogP contribution in [0.5, 0.6) is 0 Å². The molecular formula is C11H9Br2ClO2. The van der Waals surface area contributed by atoms with Gasteiger partial charge in [-0.25, -0.2) is 0 Å². The predicted octanol–water partition coefficient (Wildman–Crippen LogP) is 4.54. The monoisotopic (exact) mass is 366 g/mol. The van der Waals surface area contributed by atoms with E-state index in [1.54, 1.807) is 0 Å². The van der Waals surface area contributed by atoms with Gasteiger partial charge in [-0.1, -0.05) is 15.9 Å². The predicted molar refractivity (Wildman–Crippen MR) is 72.0 cm³/mol. The first-order valence-electron chi connectivity index (χ1n) is 4.66. The van der Waals surface area contributed by atoms with Gasteiger partial charge < -0.3 is 9.52 Å². The minimum Gasteiger partial charge on any atom is -0.457 e. The van der Waals surface area contributed by atoms with E-state index in [1.807, 2.05) is 19.1 Å². The standard InChI is InChI=1S/C11H9Br2ClO2/c1-5-6-2-10(9(15)4-14)16-11(6)8(13)3-7(5)12/h2-3,9,15H,4H2,1H3. The molecule has 1 atom stereocenters. The van der Waals surface area contributed by atoms with Crippen molar-refractivity contribution >= 4 is 54.4 Å². The van der Waals surface area contributed by atoms with E-state index in [1.165, 1.54) is 0 Å². The highest BCUT2D eigenvalue weighted by atomic mass is 79.9. The van der Waals surface area contributed by atoms with Crippen LogP contribution in [0.15, 0.2) is 25.5 Å². The largest absolute Gasteiger partial charge is 0.457 e. The molecule has 86 valence electrons. The maximum Gasteiger partial charge on any atom is 0.148 e. The molecule has 0 saturated heterocycles. The number of fused-ring (bicyclic) bond motifs is 1. The van der Waals surface area contributed by atoms with Gasteiger partial charge in [0.2, 0.25) is 0 Å². The molecule has 16 heavy (non-hydrogen) atoms. The molecule has 1 aromatic heterocycles. The molecule has 0 aliphatic heterocycles. The van der Waals surface area contributed by atoms with Crippen molar-refractivity contribution < 1.29 is 9.52 Å². The van der Waals surface area contributed by atoms with Crippen LogP contribution >= 0.6 is 43.5 Å². The van der Waals surface area contributed by atoms with Crippen molar-refractivity contribution in [1.29, 1.82) is 0 Å². The molecule has 1 heterocycles. The number of benzene rings is 1. The summed E-state index contributed by atoms with van der Waals surface area (Å²) in [6, 6.07) is 3.76. The Bertz CT molecular complexity index is 536. The molecule has 1 aromatic carbocycles. The van der Waals surface area contributed by atoms with Crippen molar-refractivity contribution in [3.63, 3.8) is 0 Å². The molecule has 5 heteroatoms. The van der Waals surface area contributed by atoms with Gasteiger partial charge in [0.25, 0.3) is 0 Å². The van der Waals surface area contributed by atoms with Crippen LogP contribution in [0.25, 0.3) is 11.0 Å². The van der Waals surface area contributed by atoms with E-state index >= 15 is 0 Å². The molecule has 0 radical (unpaired) electrons. The van der Waals surface area contributed by atoms with Crippen LogP contribution in [0.4, 0.5) is 0 Å². The van der Waals surface area contributed by atoms with Gasteiger partial charge in [0.05, 0.1) is 10.4 Å². The number of aryl methyl sites for hydroxylation is 1. The summed E-state index contributed by atoms with van der Waals surface area (Å²) in [5.74, 6) is 0.615. The summed E-state index contributed by atoms with van der Waals surface area (Å²) >= 11 is 12.5. The SMILES string of the molecule is Cc1c(Br)cc(Br)c2oc(C(O)CCl)cc12. The molecule has 1 unspecified atom stereocenters. The Morgan fingerprint density at radius 1 is 1.38 bits per heavy atom. The lowest BCUT2D eigenvalue weighted by Gasteiger charge is -2.00. The van der Waals surface area contributed by atoms with Gasteiger partial charge in [-0.15, -0.1) is 11.6 Å². The fourth-order valence-corrected chi connectivity index (χ4v) is 2.95. The Labute approximate surface area is 115 Å². The van der Waals surface area contributed by atoms with Crippen LogP contribution in [0.1, 0.15) is 17.4 Å². The molecule has 0 fully saturated rings. The molecular weight excluding hydrogens is 359 g/mol. The number of aliphatic hydroxyl groups is 1. The van der Waals surface area contributed by atoms with Gasteiger partial charge in [-0.2, -0.15) is 0 Å². The number of halogens is 3. The summed E-state index contributed by atoms with van der Waals surface area (Å²) in [5, 5.41) is 10.6. The Morgan fingerprint density at radius 2 is 2.06 bits per heavy atom. The molecule has 0 aliphatic rings. The second-order valence-electron chi connectivity index (χ2n) is 3.53. The quantitative estimate of drug-likeness (QED) is 0.790. The lowest BCUT2D eigenvalue weighted by Crippen LogP contribution is -1.95. The molecule has 0 bridgehead atoms. The molecule has 2 rings (SSSR count). The average Bonchev–Trinajstić information content (AvgIpc) is 2.70. The lowest BCUT2D eigenvalue weighted by molar-refractivity contribution is 0.175. The Morgan fingerprint density at radius 3 is 2.69 bits per heavy atom. The van der Waals surface area contributed by atoms with Crippen LogP contribution in [-0.2, 0) is 0 Å². The molecule has 0 aliphatic carbocycles. The van der Waals surface area contributed by atoms with E-state index in [0.29, 0.717) is 5.76 Å². The fourth-order valence-electron chi connectivity index (χ4n) is 1.52. The topological polar surface area (TPSA) is 33.4 Å². The van der Waals surface area contributed by atoms with E-state index in [4.69, 9.17) is 16.0 Å². The summed E-state index contributed by atoms with van der Waals surface area (Å²) in [6.45, 7) is 1.99. The van der Waals surface area contributed by atoms with E-state index in [-0.39, 0.29) is 5.88 Å². The molecule has 2 nitrogen and oxygen atoms in total. The van der Waals surface area contributed by atoms with Gasteiger partial charge >= 0.3 is 0 Å². The van der Waals surface area contributed by atoms with Crippen LogP contribution in [0.2, 0.25) is 0 Å². The molecule has 1 N–H and O–H groups in total. The minimum atomic E-state index is -0.765. The van der Waals surface area contributed by atoms with Crippen molar-refractivity contribution in [1.82, 2.24) is 0 Å². The highest BCUT2D eigenvalue weighted by Gasteiger charge is 2.16. The molecule has 0 saturated carbocycles. The van der Waals surface area contributed by atoms with Crippen molar-refractivity contribution in [3.05, 3.63) is 32.4 Å². The average molecular weight is 368 g/mol. The second kappa shape index (κ2) is 4.69. The summed E-state index contributed by atoms with van der Waals surface area (Å²) in [4.78, 5) is 0. The van der Waals surface area contributed by atoms with E-state index in [2.05, 4.69) is 31.9 Å². The summed E-state index contributed by atoms with van der Waals surface area (Å²) in [5.41, 5.74) is 1.81. The number of hydrogen-bond acceptors (Lipinski definition) is 2. The third kappa shape index (κ3) is 2.04. The van der Waals surface area contributed by atoms with Crippen molar-refractivity contribution in [2.75, 3.05) is 5.88 Å². The van der Waals surface area contributed by atoms with Crippen LogP contribution in [0.3, 0.4) is 0 Å². The summed E-state index contributed by atoms with van der Waals surface area (Å²) in [6.07, 6.45) is -0.765. The first kappa shape index (κ1) is 12.4. The Kier molecular flexibility index (Phi) is 3.64. The van der Waals surface area contributed by atoms with Gasteiger partial charge in [0, 0.05) is 9.86 Å². The maximum absolute atomic E-state index is 9.63. The first-order valence-corrected chi connectivity index (χ1v) is 6.78. The second-order valence-corrected chi connectivity index (χ2v) is 5.54. The number of aliphatic hydroxyl groups excluding tert-OH is 1. The maximum atomic E-state index is 9.63. The zero-order valence-corrected chi connectivity index (χ0v) is 12.4. The number of furan rings is 1. The van der Waals surface area contributed by atoms with Gasteiger partial charge in [-0.3, -0.25) is 0 Å². The smallest absolute Gasteiger partial charge is 0.148 e. The third-order valence-corrected chi connectivity index (χ3v) is 4.16. The van der Waals surface area contributed by atoms with E-state index < -0.39 is 6.10 Å². The third-order valence-electron chi connectivity index (χ3n) is 2.46. The Hall–Kier alpha value is -0.0300. The molecule has 0 amide bonds.